The Morgan fingerprint density at radius 2 is 1.52 bits per heavy atom. The molecule has 0 unspecified atom stereocenters. The summed E-state index contributed by atoms with van der Waals surface area (Å²) >= 11 is 0. The third kappa shape index (κ3) is 5.65. The van der Waals surface area contributed by atoms with Crippen LogP contribution in [0.15, 0.2) is 0 Å². The summed E-state index contributed by atoms with van der Waals surface area (Å²) in [6, 6.07) is 0. The van der Waals surface area contributed by atoms with Crippen molar-refractivity contribution < 1.29 is 13.2 Å². The fraction of sp³-hybridized carbons (Fsp3) is 0.947. The highest BCUT2D eigenvalue weighted by atomic mass is 32.2. The van der Waals surface area contributed by atoms with Crippen molar-refractivity contribution in [1.82, 2.24) is 18.8 Å². The van der Waals surface area contributed by atoms with Crippen LogP contribution in [-0.4, -0.2) is 80.2 Å². The number of likely N-dealkylation sites (tertiary alicyclic amines) is 1. The molecule has 3 heterocycles. The Morgan fingerprint density at radius 3 is 2.15 bits per heavy atom. The predicted molar refractivity (Wildman–Crippen MR) is 106 cm³/mol. The van der Waals surface area contributed by atoms with E-state index in [9.17, 15) is 13.2 Å². The monoisotopic (exact) mass is 400 g/mol. The first-order valence-corrected chi connectivity index (χ1v) is 12.1. The molecule has 3 saturated heterocycles. The lowest BCUT2D eigenvalue weighted by molar-refractivity contribution is -0.126. The molecule has 8 heteroatoms. The lowest BCUT2D eigenvalue weighted by Crippen LogP contribution is -2.48. The smallest absolute Gasteiger partial charge is 0.281 e. The third-order valence-corrected chi connectivity index (χ3v) is 8.40. The van der Waals surface area contributed by atoms with Gasteiger partial charge in [0.1, 0.15) is 0 Å². The maximum Gasteiger partial charge on any atom is 0.281 e. The summed E-state index contributed by atoms with van der Waals surface area (Å²) in [5, 5.41) is 3.07. The molecule has 0 spiro atoms. The van der Waals surface area contributed by atoms with Crippen molar-refractivity contribution in [2.24, 2.45) is 11.8 Å². The average molecular weight is 401 g/mol. The first-order valence-electron chi connectivity index (χ1n) is 10.7. The zero-order valence-electron chi connectivity index (χ0n) is 16.7. The number of hydrogen-bond acceptors (Lipinski definition) is 4. The molecule has 1 N–H and O–H groups in total. The van der Waals surface area contributed by atoms with E-state index in [0.717, 1.165) is 38.3 Å². The molecular formula is C19H36N4O3S. The van der Waals surface area contributed by atoms with Crippen LogP contribution in [0, 0.1) is 11.8 Å². The van der Waals surface area contributed by atoms with Crippen LogP contribution in [0.4, 0.5) is 0 Å². The van der Waals surface area contributed by atoms with Gasteiger partial charge in [-0.05, 0) is 70.5 Å². The van der Waals surface area contributed by atoms with E-state index in [-0.39, 0.29) is 11.8 Å². The minimum absolute atomic E-state index is 0.0501. The number of rotatable bonds is 7. The van der Waals surface area contributed by atoms with E-state index in [4.69, 9.17) is 0 Å². The summed E-state index contributed by atoms with van der Waals surface area (Å²) in [6.45, 7) is 8.65. The molecule has 7 nitrogen and oxygen atoms in total. The number of nitrogens with one attached hydrogen (secondary N) is 1. The van der Waals surface area contributed by atoms with Crippen LogP contribution in [0.3, 0.4) is 0 Å². The summed E-state index contributed by atoms with van der Waals surface area (Å²) in [6.07, 6.45) is 6.72. The Balaban J connectivity index is 1.32. The molecule has 0 saturated carbocycles. The maximum absolute atomic E-state index is 12.6. The fourth-order valence-corrected chi connectivity index (χ4v) is 6.09. The van der Waals surface area contributed by atoms with Gasteiger partial charge in [0.2, 0.25) is 5.91 Å². The quantitative estimate of drug-likeness (QED) is 0.654. The minimum atomic E-state index is -3.32. The van der Waals surface area contributed by atoms with Crippen molar-refractivity contribution in [3.8, 4) is 0 Å². The second-order valence-corrected chi connectivity index (χ2v) is 10.4. The maximum atomic E-state index is 12.6. The Hall–Kier alpha value is -0.700. The molecule has 27 heavy (non-hydrogen) atoms. The van der Waals surface area contributed by atoms with Gasteiger partial charge in [0.05, 0.1) is 0 Å². The molecule has 0 aliphatic carbocycles. The molecule has 156 valence electrons. The van der Waals surface area contributed by atoms with Crippen LogP contribution in [0.5, 0.6) is 0 Å². The van der Waals surface area contributed by atoms with E-state index in [0.29, 0.717) is 39.0 Å². The largest absolute Gasteiger partial charge is 0.356 e. The van der Waals surface area contributed by atoms with Crippen LogP contribution in [-0.2, 0) is 15.0 Å². The van der Waals surface area contributed by atoms with Gasteiger partial charge in [-0.3, -0.25) is 4.79 Å². The van der Waals surface area contributed by atoms with Gasteiger partial charge in [0.25, 0.3) is 10.2 Å². The zero-order valence-corrected chi connectivity index (χ0v) is 17.6. The van der Waals surface area contributed by atoms with Crippen LogP contribution in [0.2, 0.25) is 0 Å². The van der Waals surface area contributed by atoms with E-state index < -0.39 is 10.2 Å². The number of piperidine rings is 2. The number of amides is 1. The van der Waals surface area contributed by atoms with Crippen molar-refractivity contribution in [2.75, 3.05) is 52.4 Å². The Morgan fingerprint density at radius 1 is 0.926 bits per heavy atom. The Bertz CT molecular complexity index is 576. The number of nitrogens with zero attached hydrogens (tertiary/aromatic N) is 3. The van der Waals surface area contributed by atoms with Crippen LogP contribution < -0.4 is 5.32 Å². The highest BCUT2D eigenvalue weighted by Crippen LogP contribution is 2.23. The Labute approximate surface area is 164 Å². The van der Waals surface area contributed by atoms with Crippen molar-refractivity contribution in [2.45, 2.75) is 51.9 Å². The van der Waals surface area contributed by atoms with Crippen LogP contribution in [0.1, 0.15) is 51.9 Å². The average Bonchev–Trinajstić information content (AvgIpc) is 3.22. The lowest BCUT2D eigenvalue weighted by Gasteiger charge is -2.33. The molecular weight excluding hydrogens is 364 g/mol. The molecule has 0 aromatic carbocycles. The molecule has 0 aromatic rings. The van der Waals surface area contributed by atoms with Gasteiger partial charge < -0.3 is 10.2 Å². The molecule has 3 aliphatic rings. The van der Waals surface area contributed by atoms with Gasteiger partial charge in [-0.15, -0.1) is 0 Å². The van der Waals surface area contributed by atoms with E-state index in [1.165, 1.54) is 25.9 Å². The van der Waals surface area contributed by atoms with Gasteiger partial charge in [0.15, 0.2) is 0 Å². The summed E-state index contributed by atoms with van der Waals surface area (Å²) in [4.78, 5) is 14.9. The number of hydrogen-bond donors (Lipinski definition) is 1. The zero-order chi connectivity index (χ0) is 19.3. The minimum Gasteiger partial charge on any atom is -0.356 e. The van der Waals surface area contributed by atoms with Crippen molar-refractivity contribution >= 4 is 16.1 Å². The SMILES string of the molecule is CC1CCN(CCCNC(=O)C2CCN(S(=O)(=O)N3CCCC3)CC2)CC1. The molecule has 3 aliphatic heterocycles. The van der Waals surface area contributed by atoms with Gasteiger partial charge in [-0.2, -0.15) is 17.0 Å². The highest BCUT2D eigenvalue weighted by molar-refractivity contribution is 7.86. The standard InChI is InChI=1S/C19H36N4O3S/c1-17-5-13-21(14-6-17)10-4-9-20-19(24)18-7-15-23(16-8-18)27(25,26)22-11-2-3-12-22/h17-18H,2-16H2,1H3,(H,20,24). The van der Waals surface area contributed by atoms with Gasteiger partial charge in [-0.1, -0.05) is 6.92 Å². The van der Waals surface area contributed by atoms with Gasteiger partial charge in [-0.25, -0.2) is 0 Å². The summed E-state index contributed by atoms with van der Waals surface area (Å²) in [5.74, 6) is 0.896. The predicted octanol–water partition coefficient (Wildman–Crippen LogP) is 1.28. The highest BCUT2D eigenvalue weighted by Gasteiger charge is 2.35. The third-order valence-electron chi connectivity index (χ3n) is 6.37. The van der Waals surface area contributed by atoms with Gasteiger partial charge in [0, 0.05) is 38.6 Å². The van der Waals surface area contributed by atoms with Crippen molar-refractivity contribution in [3.05, 3.63) is 0 Å². The van der Waals surface area contributed by atoms with Crippen molar-refractivity contribution in [3.63, 3.8) is 0 Å². The second-order valence-electron chi connectivity index (χ2n) is 8.46. The first kappa shape index (κ1) is 21.0. The fourth-order valence-electron chi connectivity index (χ4n) is 4.38. The van der Waals surface area contributed by atoms with E-state index in [1.54, 1.807) is 8.61 Å². The molecule has 3 fully saturated rings. The number of carbonyl (C=O) groups is 1. The Kier molecular flexibility index (Phi) is 7.53. The second kappa shape index (κ2) is 9.67. The summed E-state index contributed by atoms with van der Waals surface area (Å²) in [7, 11) is -3.32. The summed E-state index contributed by atoms with van der Waals surface area (Å²) in [5.41, 5.74) is 0. The molecule has 1 amide bonds. The van der Waals surface area contributed by atoms with Crippen LogP contribution in [0.25, 0.3) is 0 Å². The first-order chi connectivity index (χ1) is 13.0. The van der Waals surface area contributed by atoms with Crippen molar-refractivity contribution in [1.29, 1.82) is 0 Å². The molecule has 0 atom stereocenters. The number of carbonyl (C=O) groups excluding carboxylic acids is 1. The topological polar surface area (TPSA) is 73.0 Å². The molecule has 0 radical (unpaired) electrons. The van der Waals surface area contributed by atoms with Crippen LogP contribution >= 0.6 is 0 Å². The normalized spacial score (nSPS) is 25.1. The molecule has 0 aromatic heterocycles. The van der Waals surface area contributed by atoms with E-state index >= 15 is 0 Å². The molecule has 3 rings (SSSR count). The lowest BCUT2D eigenvalue weighted by atomic mass is 9.97. The van der Waals surface area contributed by atoms with E-state index in [2.05, 4.69) is 17.1 Å². The molecule has 0 bridgehead atoms. The van der Waals surface area contributed by atoms with E-state index in [1.807, 2.05) is 0 Å². The summed E-state index contributed by atoms with van der Waals surface area (Å²) < 4.78 is 28.3. The van der Waals surface area contributed by atoms with Gasteiger partial charge >= 0.3 is 0 Å².